The monoisotopic (exact) mass is 315 g/mol. The lowest BCUT2D eigenvalue weighted by atomic mass is 10.1. The van der Waals surface area contributed by atoms with Crippen molar-refractivity contribution in [2.45, 2.75) is 0 Å². The molecule has 4 heteroatoms. The third-order valence-electron chi connectivity index (χ3n) is 3.08. The van der Waals surface area contributed by atoms with Crippen LogP contribution in [0.4, 0.5) is 0 Å². The van der Waals surface area contributed by atoms with Crippen molar-refractivity contribution in [3.05, 3.63) is 64.9 Å². The van der Waals surface area contributed by atoms with Gasteiger partial charge in [-0.25, -0.2) is 4.79 Å². The van der Waals surface area contributed by atoms with Crippen molar-refractivity contribution >= 4 is 32.7 Å². The normalized spacial score (nSPS) is 10.8. The molecule has 3 aromatic rings. The number of fused-ring (bicyclic) bond motifs is 1. The molecular formula is C15H10BrNO2. The molecule has 0 aliphatic heterocycles. The lowest BCUT2D eigenvalue weighted by Gasteiger charge is -2.11. The Balaban J connectivity index is 2.35. The van der Waals surface area contributed by atoms with Crippen molar-refractivity contribution in [2.75, 3.05) is 0 Å². The van der Waals surface area contributed by atoms with Gasteiger partial charge in [0, 0.05) is 16.1 Å². The molecule has 0 atom stereocenters. The highest BCUT2D eigenvalue weighted by molar-refractivity contribution is 9.10. The van der Waals surface area contributed by atoms with E-state index in [4.69, 9.17) is 0 Å². The number of hydrogen-bond donors (Lipinski definition) is 1. The molecular weight excluding hydrogens is 306 g/mol. The molecule has 1 heterocycles. The first-order valence-corrected chi connectivity index (χ1v) is 6.56. The molecule has 0 radical (unpaired) electrons. The zero-order valence-corrected chi connectivity index (χ0v) is 11.5. The maximum Gasteiger partial charge on any atom is 0.352 e. The Morgan fingerprint density at radius 1 is 1.00 bits per heavy atom. The topological polar surface area (TPSA) is 42.2 Å². The minimum absolute atomic E-state index is 0.257. The average Bonchev–Trinajstić information content (AvgIpc) is 2.89. The van der Waals surface area contributed by atoms with Crippen molar-refractivity contribution in [3.8, 4) is 5.69 Å². The summed E-state index contributed by atoms with van der Waals surface area (Å²) in [6, 6.07) is 15.1. The summed E-state index contributed by atoms with van der Waals surface area (Å²) in [5.74, 6) is -0.933. The number of aromatic carboxylic acids is 1. The highest BCUT2D eigenvalue weighted by atomic mass is 79.9. The standard InChI is InChI=1S/C15H10BrNO2/c16-12-7-8-13(11-5-2-1-4-10(11)12)17-9-3-6-14(17)15(18)19/h1-9H,(H,18,19). The Kier molecular flexibility index (Phi) is 2.87. The van der Waals surface area contributed by atoms with Crippen molar-refractivity contribution in [2.24, 2.45) is 0 Å². The molecule has 2 aromatic carbocycles. The van der Waals surface area contributed by atoms with Crippen LogP contribution in [0.1, 0.15) is 10.5 Å². The van der Waals surface area contributed by atoms with Crippen LogP contribution in [0, 0.1) is 0 Å². The second kappa shape index (κ2) is 4.55. The van der Waals surface area contributed by atoms with E-state index in [0.29, 0.717) is 0 Å². The van der Waals surface area contributed by atoms with E-state index >= 15 is 0 Å². The summed E-state index contributed by atoms with van der Waals surface area (Å²) < 4.78 is 2.69. The summed E-state index contributed by atoms with van der Waals surface area (Å²) in [4.78, 5) is 11.2. The van der Waals surface area contributed by atoms with Gasteiger partial charge in [0.25, 0.3) is 0 Å². The summed E-state index contributed by atoms with van der Waals surface area (Å²) in [5.41, 5.74) is 1.12. The molecule has 0 saturated carbocycles. The van der Waals surface area contributed by atoms with E-state index in [1.54, 1.807) is 22.9 Å². The maximum absolute atomic E-state index is 11.2. The van der Waals surface area contributed by atoms with Crippen LogP contribution in [-0.4, -0.2) is 15.6 Å². The molecule has 19 heavy (non-hydrogen) atoms. The van der Waals surface area contributed by atoms with Crippen molar-refractivity contribution in [3.63, 3.8) is 0 Å². The van der Waals surface area contributed by atoms with Crippen LogP contribution < -0.4 is 0 Å². The smallest absolute Gasteiger partial charge is 0.352 e. The lowest BCUT2D eigenvalue weighted by molar-refractivity contribution is 0.0688. The number of benzene rings is 2. The molecule has 0 spiro atoms. The van der Waals surface area contributed by atoms with E-state index in [1.807, 2.05) is 36.4 Å². The lowest BCUT2D eigenvalue weighted by Crippen LogP contribution is -2.06. The van der Waals surface area contributed by atoms with Gasteiger partial charge in [0.2, 0.25) is 0 Å². The van der Waals surface area contributed by atoms with Gasteiger partial charge in [-0.3, -0.25) is 0 Å². The van der Waals surface area contributed by atoms with Crippen LogP contribution in [0.25, 0.3) is 16.5 Å². The second-order valence-electron chi connectivity index (χ2n) is 4.18. The number of hydrogen-bond acceptors (Lipinski definition) is 1. The van der Waals surface area contributed by atoms with Crippen LogP contribution in [0.2, 0.25) is 0 Å². The first-order chi connectivity index (χ1) is 9.18. The number of carbonyl (C=O) groups is 1. The zero-order chi connectivity index (χ0) is 13.4. The third-order valence-corrected chi connectivity index (χ3v) is 3.77. The van der Waals surface area contributed by atoms with Gasteiger partial charge in [-0.05, 0) is 29.7 Å². The Morgan fingerprint density at radius 3 is 2.47 bits per heavy atom. The van der Waals surface area contributed by atoms with Gasteiger partial charge in [0.05, 0.1) is 5.69 Å². The van der Waals surface area contributed by atoms with E-state index in [1.165, 1.54) is 0 Å². The fourth-order valence-corrected chi connectivity index (χ4v) is 2.70. The van der Waals surface area contributed by atoms with E-state index in [-0.39, 0.29) is 5.69 Å². The molecule has 0 amide bonds. The Bertz CT molecular complexity index is 777. The Labute approximate surface area is 118 Å². The molecule has 0 fully saturated rings. The zero-order valence-electron chi connectivity index (χ0n) is 9.88. The third kappa shape index (κ3) is 1.94. The Hall–Kier alpha value is -2.07. The fraction of sp³-hybridized carbons (Fsp3) is 0. The number of aromatic nitrogens is 1. The van der Waals surface area contributed by atoms with Gasteiger partial charge >= 0.3 is 5.97 Å². The SMILES string of the molecule is O=C(O)c1cccn1-c1ccc(Br)c2ccccc12. The summed E-state index contributed by atoms with van der Waals surface area (Å²) >= 11 is 3.52. The second-order valence-corrected chi connectivity index (χ2v) is 5.04. The largest absolute Gasteiger partial charge is 0.477 e. The van der Waals surface area contributed by atoms with Crippen LogP contribution in [0.15, 0.2) is 59.2 Å². The number of rotatable bonds is 2. The van der Waals surface area contributed by atoms with Crippen LogP contribution >= 0.6 is 15.9 Å². The minimum Gasteiger partial charge on any atom is -0.477 e. The number of nitrogens with zero attached hydrogens (tertiary/aromatic N) is 1. The molecule has 0 aliphatic rings. The van der Waals surface area contributed by atoms with E-state index in [9.17, 15) is 9.90 Å². The predicted octanol–water partition coefficient (Wildman–Crippen LogP) is 4.09. The minimum atomic E-state index is -0.933. The fourth-order valence-electron chi connectivity index (χ4n) is 2.22. The van der Waals surface area contributed by atoms with Crippen molar-refractivity contribution in [1.29, 1.82) is 0 Å². The summed E-state index contributed by atoms with van der Waals surface area (Å²) in [6.07, 6.45) is 1.76. The molecule has 0 aliphatic carbocycles. The van der Waals surface area contributed by atoms with E-state index in [2.05, 4.69) is 15.9 Å². The number of carboxylic acid groups (broad SMARTS) is 1. The molecule has 1 N–H and O–H groups in total. The van der Waals surface area contributed by atoms with Crippen LogP contribution in [-0.2, 0) is 0 Å². The summed E-state index contributed by atoms with van der Waals surface area (Å²) in [6.45, 7) is 0. The van der Waals surface area contributed by atoms with Gasteiger partial charge in [-0.15, -0.1) is 0 Å². The average molecular weight is 316 g/mol. The predicted molar refractivity (Wildman–Crippen MR) is 77.9 cm³/mol. The highest BCUT2D eigenvalue weighted by Crippen LogP contribution is 2.29. The maximum atomic E-state index is 11.2. The summed E-state index contributed by atoms with van der Waals surface area (Å²) in [7, 11) is 0. The van der Waals surface area contributed by atoms with E-state index < -0.39 is 5.97 Å². The Morgan fingerprint density at radius 2 is 1.74 bits per heavy atom. The van der Waals surface area contributed by atoms with Crippen molar-refractivity contribution in [1.82, 2.24) is 4.57 Å². The van der Waals surface area contributed by atoms with Crippen LogP contribution in [0.5, 0.6) is 0 Å². The van der Waals surface area contributed by atoms with Gasteiger partial charge in [0.15, 0.2) is 0 Å². The van der Waals surface area contributed by atoms with Gasteiger partial charge < -0.3 is 9.67 Å². The highest BCUT2D eigenvalue weighted by Gasteiger charge is 2.12. The number of halogens is 1. The first-order valence-electron chi connectivity index (χ1n) is 5.77. The van der Waals surface area contributed by atoms with Gasteiger partial charge in [-0.1, -0.05) is 40.2 Å². The van der Waals surface area contributed by atoms with E-state index in [0.717, 1.165) is 20.9 Å². The molecule has 1 aromatic heterocycles. The summed E-state index contributed by atoms with van der Waals surface area (Å²) in [5, 5.41) is 11.3. The van der Waals surface area contributed by atoms with Crippen molar-refractivity contribution < 1.29 is 9.90 Å². The molecule has 3 rings (SSSR count). The first kappa shape index (κ1) is 12.0. The molecule has 0 unspecified atom stereocenters. The molecule has 94 valence electrons. The van der Waals surface area contributed by atoms with Gasteiger partial charge in [0.1, 0.15) is 5.69 Å². The van der Waals surface area contributed by atoms with Crippen LogP contribution in [0.3, 0.4) is 0 Å². The molecule has 0 saturated heterocycles. The number of carboxylic acids is 1. The van der Waals surface area contributed by atoms with Gasteiger partial charge in [-0.2, -0.15) is 0 Å². The quantitative estimate of drug-likeness (QED) is 0.774. The molecule has 0 bridgehead atoms. The molecule has 3 nitrogen and oxygen atoms in total.